The summed E-state index contributed by atoms with van der Waals surface area (Å²) in [6, 6.07) is 5.61. The van der Waals surface area contributed by atoms with E-state index in [1.807, 2.05) is 6.07 Å². The number of amidine groups is 1. The van der Waals surface area contributed by atoms with Crippen LogP contribution in [-0.2, 0) is 9.47 Å². The zero-order valence-electron chi connectivity index (χ0n) is 13.2. The first kappa shape index (κ1) is 17.3. The Morgan fingerprint density at radius 2 is 2.00 bits per heavy atom. The second-order valence-electron chi connectivity index (χ2n) is 4.79. The number of nitrogen functional groups attached to an aromatic ring is 1. The van der Waals surface area contributed by atoms with E-state index < -0.39 is 0 Å². The van der Waals surface area contributed by atoms with Crippen molar-refractivity contribution >= 4 is 11.5 Å². The van der Waals surface area contributed by atoms with Crippen LogP contribution in [0.25, 0.3) is 0 Å². The van der Waals surface area contributed by atoms with Gasteiger partial charge in [0.25, 0.3) is 0 Å². The number of hydrogen-bond acceptors (Lipinski definition) is 5. The molecule has 0 aliphatic carbocycles. The van der Waals surface area contributed by atoms with Gasteiger partial charge in [-0.3, -0.25) is 5.41 Å². The van der Waals surface area contributed by atoms with Crippen molar-refractivity contribution in [3.8, 4) is 5.75 Å². The van der Waals surface area contributed by atoms with Gasteiger partial charge in [-0.25, -0.2) is 0 Å². The molecule has 21 heavy (non-hydrogen) atoms. The van der Waals surface area contributed by atoms with Crippen LogP contribution in [-0.4, -0.2) is 53.0 Å². The molecule has 1 rings (SSSR count). The van der Waals surface area contributed by atoms with Crippen LogP contribution in [0.4, 0.5) is 5.69 Å². The minimum Gasteiger partial charge on any atom is -0.497 e. The molecule has 1 aromatic rings. The third kappa shape index (κ3) is 4.61. The lowest BCUT2D eigenvalue weighted by Gasteiger charge is -2.32. The van der Waals surface area contributed by atoms with Crippen LogP contribution >= 0.6 is 0 Å². The molecule has 6 nitrogen and oxygen atoms in total. The van der Waals surface area contributed by atoms with Gasteiger partial charge < -0.3 is 24.8 Å². The fourth-order valence-corrected chi connectivity index (χ4v) is 2.20. The van der Waals surface area contributed by atoms with Crippen LogP contribution in [0.1, 0.15) is 12.5 Å². The highest BCUT2D eigenvalue weighted by atomic mass is 16.5. The molecule has 0 saturated carbocycles. The topological polar surface area (TPSA) is 80.8 Å². The molecule has 3 N–H and O–H groups in total. The molecule has 0 amide bonds. The monoisotopic (exact) mass is 295 g/mol. The van der Waals surface area contributed by atoms with Crippen molar-refractivity contribution < 1.29 is 14.2 Å². The number of hydrogen-bond donors (Lipinski definition) is 2. The van der Waals surface area contributed by atoms with Gasteiger partial charge in [0.05, 0.1) is 26.0 Å². The minimum absolute atomic E-state index is 0.0275. The molecule has 0 aliphatic heterocycles. The van der Waals surface area contributed by atoms with E-state index in [4.69, 9.17) is 25.4 Å². The molecule has 0 fully saturated rings. The number of ether oxygens (including phenoxy) is 3. The Balaban J connectivity index is 3.22. The maximum atomic E-state index is 7.76. The first-order chi connectivity index (χ1) is 10.0. The van der Waals surface area contributed by atoms with Crippen LogP contribution in [0.2, 0.25) is 0 Å². The summed E-state index contributed by atoms with van der Waals surface area (Å²) in [5.41, 5.74) is 7.23. The van der Waals surface area contributed by atoms with E-state index in [9.17, 15) is 0 Å². The molecule has 1 atom stereocenters. The van der Waals surface area contributed by atoms with E-state index in [1.54, 1.807) is 33.5 Å². The predicted octanol–water partition coefficient (Wildman–Crippen LogP) is 1.47. The van der Waals surface area contributed by atoms with Crippen LogP contribution in [0.3, 0.4) is 0 Å². The smallest absolute Gasteiger partial charge is 0.124 e. The van der Waals surface area contributed by atoms with Gasteiger partial charge in [-0.05, 0) is 19.1 Å². The number of methoxy groups -OCH3 is 3. The van der Waals surface area contributed by atoms with Crippen molar-refractivity contribution in [3.05, 3.63) is 23.8 Å². The van der Waals surface area contributed by atoms with Gasteiger partial charge in [-0.2, -0.15) is 0 Å². The number of nitrogens with two attached hydrogens (primary N) is 1. The second-order valence-corrected chi connectivity index (χ2v) is 4.79. The molecule has 0 saturated heterocycles. The highest BCUT2D eigenvalue weighted by Gasteiger charge is 2.19. The van der Waals surface area contributed by atoms with Gasteiger partial charge in [-0.15, -0.1) is 0 Å². The van der Waals surface area contributed by atoms with Gasteiger partial charge >= 0.3 is 0 Å². The first-order valence-electron chi connectivity index (χ1n) is 6.82. The maximum Gasteiger partial charge on any atom is 0.124 e. The average Bonchev–Trinajstić information content (AvgIpc) is 2.47. The summed E-state index contributed by atoms with van der Waals surface area (Å²) in [6.45, 7) is 3.87. The van der Waals surface area contributed by atoms with Crippen molar-refractivity contribution in [1.82, 2.24) is 0 Å². The number of anilines is 1. The summed E-state index contributed by atoms with van der Waals surface area (Å²) in [4.78, 5) is 2.12. The highest BCUT2D eigenvalue weighted by molar-refractivity contribution is 6.00. The van der Waals surface area contributed by atoms with Gasteiger partial charge in [0.15, 0.2) is 0 Å². The van der Waals surface area contributed by atoms with E-state index >= 15 is 0 Å². The molecule has 118 valence electrons. The van der Waals surface area contributed by atoms with Crippen molar-refractivity contribution in [3.63, 3.8) is 0 Å². The molecular formula is C15H25N3O3. The molecule has 1 aromatic carbocycles. The largest absolute Gasteiger partial charge is 0.497 e. The van der Waals surface area contributed by atoms with Crippen molar-refractivity contribution in [2.24, 2.45) is 5.73 Å². The Hall–Kier alpha value is -1.79. The van der Waals surface area contributed by atoms with Crippen molar-refractivity contribution in [2.75, 3.05) is 46.0 Å². The third-order valence-corrected chi connectivity index (χ3v) is 3.28. The molecule has 0 radical (unpaired) electrons. The number of benzene rings is 1. The molecule has 0 heterocycles. The van der Waals surface area contributed by atoms with Gasteiger partial charge in [0.1, 0.15) is 11.6 Å². The van der Waals surface area contributed by atoms with Crippen LogP contribution in [0, 0.1) is 5.41 Å². The Morgan fingerprint density at radius 1 is 1.29 bits per heavy atom. The summed E-state index contributed by atoms with van der Waals surface area (Å²) in [5, 5.41) is 7.76. The Morgan fingerprint density at radius 3 is 2.52 bits per heavy atom. The lowest BCUT2D eigenvalue weighted by molar-refractivity contribution is 0.171. The van der Waals surface area contributed by atoms with Crippen LogP contribution in [0.5, 0.6) is 5.75 Å². The Kier molecular flexibility index (Phi) is 6.98. The van der Waals surface area contributed by atoms with Crippen LogP contribution < -0.4 is 15.4 Å². The van der Waals surface area contributed by atoms with E-state index in [0.717, 1.165) is 11.4 Å². The summed E-state index contributed by atoms with van der Waals surface area (Å²) in [5.74, 6) is 0.752. The van der Waals surface area contributed by atoms with E-state index in [-0.39, 0.29) is 11.9 Å². The molecule has 0 spiro atoms. The highest BCUT2D eigenvalue weighted by Crippen LogP contribution is 2.27. The van der Waals surface area contributed by atoms with Crippen molar-refractivity contribution in [2.45, 2.75) is 13.0 Å². The lowest BCUT2D eigenvalue weighted by atomic mass is 10.1. The molecule has 6 heteroatoms. The zero-order chi connectivity index (χ0) is 15.8. The molecular weight excluding hydrogens is 270 g/mol. The number of nitrogens with one attached hydrogen (secondary N) is 1. The van der Waals surface area contributed by atoms with Gasteiger partial charge in [0, 0.05) is 38.4 Å². The number of rotatable bonds is 9. The summed E-state index contributed by atoms with van der Waals surface area (Å²) in [7, 11) is 4.95. The molecule has 0 aromatic heterocycles. The van der Waals surface area contributed by atoms with Gasteiger partial charge in [0.2, 0.25) is 0 Å². The summed E-state index contributed by atoms with van der Waals surface area (Å²) in [6.07, 6.45) is 0. The standard InChI is InChI=1S/C15H25N3O3/c1-11(10-20-3)18(7-8-19-2)14-9-12(21-4)5-6-13(14)15(16)17/h5-6,9,11H,7-8,10H2,1-4H3,(H3,16,17). The average molecular weight is 295 g/mol. The van der Waals surface area contributed by atoms with Crippen LogP contribution in [0.15, 0.2) is 18.2 Å². The van der Waals surface area contributed by atoms with E-state index in [0.29, 0.717) is 25.3 Å². The fourth-order valence-electron chi connectivity index (χ4n) is 2.20. The summed E-state index contributed by atoms with van der Waals surface area (Å²) < 4.78 is 15.7. The van der Waals surface area contributed by atoms with Crippen molar-refractivity contribution in [1.29, 1.82) is 5.41 Å². The lowest BCUT2D eigenvalue weighted by Crippen LogP contribution is -2.40. The molecule has 0 aliphatic rings. The number of nitrogens with zero attached hydrogens (tertiary/aromatic N) is 1. The second kappa shape index (κ2) is 8.49. The Labute approximate surface area is 126 Å². The first-order valence-corrected chi connectivity index (χ1v) is 6.82. The SMILES string of the molecule is COCCN(c1cc(OC)ccc1C(=N)N)C(C)COC. The van der Waals surface area contributed by atoms with Gasteiger partial charge in [-0.1, -0.05) is 0 Å². The van der Waals surface area contributed by atoms with E-state index in [2.05, 4.69) is 11.8 Å². The quantitative estimate of drug-likeness (QED) is 0.532. The maximum absolute atomic E-state index is 7.76. The zero-order valence-corrected chi connectivity index (χ0v) is 13.2. The predicted molar refractivity (Wildman–Crippen MR) is 84.6 cm³/mol. The third-order valence-electron chi connectivity index (χ3n) is 3.28. The Bertz CT molecular complexity index is 465. The summed E-state index contributed by atoms with van der Waals surface area (Å²) >= 11 is 0. The normalized spacial score (nSPS) is 12.0. The molecule has 1 unspecified atom stereocenters. The van der Waals surface area contributed by atoms with E-state index in [1.165, 1.54) is 0 Å². The minimum atomic E-state index is 0.0275. The molecule has 0 bridgehead atoms. The fraction of sp³-hybridized carbons (Fsp3) is 0.533.